The summed E-state index contributed by atoms with van der Waals surface area (Å²) in [6.45, 7) is 9.91. The second-order valence-corrected chi connectivity index (χ2v) is 6.89. The molecule has 98 valence electrons. The van der Waals surface area contributed by atoms with Crippen LogP contribution in [0.4, 0.5) is 0 Å². The van der Waals surface area contributed by atoms with Gasteiger partial charge in [0.05, 0.1) is 4.88 Å². The van der Waals surface area contributed by atoms with Crippen molar-refractivity contribution >= 4 is 23.6 Å². The number of aromatic nitrogens is 3. The fraction of sp³-hybridized carbons (Fsp3) is 0.538. The Hall–Kier alpha value is -0.940. The molecule has 3 nitrogen and oxygen atoms in total. The van der Waals surface area contributed by atoms with Crippen molar-refractivity contribution in [2.24, 2.45) is 11.3 Å². The van der Waals surface area contributed by atoms with Crippen molar-refractivity contribution in [2.75, 3.05) is 0 Å². The van der Waals surface area contributed by atoms with Gasteiger partial charge in [0.1, 0.15) is 0 Å². The molecule has 2 rings (SSSR count). The summed E-state index contributed by atoms with van der Waals surface area (Å²) in [4.78, 5) is 1.15. The Kier molecular flexibility index (Phi) is 3.73. The first-order chi connectivity index (χ1) is 8.42. The molecule has 0 saturated heterocycles. The molecule has 2 aromatic heterocycles. The van der Waals surface area contributed by atoms with E-state index >= 15 is 0 Å². The predicted octanol–water partition coefficient (Wildman–Crippen LogP) is 4.35. The molecule has 0 unspecified atom stereocenters. The summed E-state index contributed by atoms with van der Waals surface area (Å²) in [5.74, 6) is 1.54. The number of hydrogen-bond acceptors (Lipinski definition) is 3. The highest BCUT2D eigenvalue weighted by atomic mass is 32.1. The Morgan fingerprint density at radius 1 is 1.50 bits per heavy atom. The van der Waals surface area contributed by atoms with E-state index in [1.54, 1.807) is 11.3 Å². The van der Waals surface area contributed by atoms with E-state index in [1.807, 2.05) is 6.07 Å². The van der Waals surface area contributed by atoms with Crippen LogP contribution in [0.5, 0.6) is 0 Å². The summed E-state index contributed by atoms with van der Waals surface area (Å²) in [7, 11) is 0. The number of H-pyrrole nitrogens is 1. The zero-order chi connectivity index (χ0) is 13.3. The van der Waals surface area contributed by atoms with Gasteiger partial charge in [-0.2, -0.15) is 5.10 Å². The predicted molar refractivity (Wildman–Crippen MR) is 79.3 cm³/mol. The molecule has 5 heteroatoms. The molecular formula is C13H19N3S2. The highest BCUT2D eigenvalue weighted by molar-refractivity contribution is 7.71. The van der Waals surface area contributed by atoms with Gasteiger partial charge in [-0.1, -0.05) is 33.8 Å². The summed E-state index contributed by atoms with van der Waals surface area (Å²) in [5.41, 5.74) is 0.189. The zero-order valence-corrected chi connectivity index (χ0v) is 12.9. The number of rotatable bonds is 4. The Balaban J connectivity index is 2.40. The highest BCUT2D eigenvalue weighted by Crippen LogP contribution is 2.31. The molecule has 0 aromatic carbocycles. The van der Waals surface area contributed by atoms with Crippen LogP contribution in [0.15, 0.2) is 17.5 Å². The van der Waals surface area contributed by atoms with Crippen LogP contribution in [0.25, 0.3) is 10.7 Å². The standard InChI is InChI=1S/C13H19N3S2/c1-9(2)13(3,4)8-16-11(14-15-12(16)17)10-6-5-7-18-10/h5-7,9H,8H2,1-4H3,(H,15,17). The van der Waals surface area contributed by atoms with Gasteiger partial charge in [-0.3, -0.25) is 9.67 Å². The molecule has 1 N–H and O–H groups in total. The first kappa shape index (κ1) is 13.5. The lowest BCUT2D eigenvalue weighted by Crippen LogP contribution is -2.26. The molecule has 0 aliphatic heterocycles. The molecular weight excluding hydrogens is 262 g/mol. The van der Waals surface area contributed by atoms with Crippen molar-refractivity contribution in [3.05, 3.63) is 22.3 Å². The maximum Gasteiger partial charge on any atom is 0.195 e. The second-order valence-electron chi connectivity index (χ2n) is 5.56. The average molecular weight is 281 g/mol. The fourth-order valence-corrected chi connectivity index (χ4v) is 2.57. The minimum atomic E-state index is 0.189. The quantitative estimate of drug-likeness (QED) is 0.845. The van der Waals surface area contributed by atoms with Crippen molar-refractivity contribution in [1.82, 2.24) is 14.8 Å². The maximum absolute atomic E-state index is 5.35. The van der Waals surface area contributed by atoms with Gasteiger partial charge in [-0.25, -0.2) is 0 Å². The van der Waals surface area contributed by atoms with E-state index in [0.29, 0.717) is 10.7 Å². The molecule has 0 spiro atoms. The van der Waals surface area contributed by atoms with Gasteiger partial charge >= 0.3 is 0 Å². The third kappa shape index (κ3) is 2.57. The summed E-state index contributed by atoms with van der Waals surface area (Å²) < 4.78 is 2.81. The Morgan fingerprint density at radius 3 is 2.78 bits per heavy atom. The average Bonchev–Trinajstić information content (AvgIpc) is 2.89. The summed E-state index contributed by atoms with van der Waals surface area (Å²) in [6.07, 6.45) is 0. The molecule has 0 fully saturated rings. The lowest BCUT2D eigenvalue weighted by molar-refractivity contribution is 0.210. The first-order valence-corrected chi connectivity index (χ1v) is 7.39. The molecule has 0 radical (unpaired) electrons. The van der Waals surface area contributed by atoms with Crippen LogP contribution in [-0.2, 0) is 6.54 Å². The monoisotopic (exact) mass is 281 g/mol. The van der Waals surface area contributed by atoms with Crippen molar-refractivity contribution in [3.8, 4) is 10.7 Å². The van der Waals surface area contributed by atoms with E-state index in [2.05, 4.69) is 53.9 Å². The van der Waals surface area contributed by atoms with Crippen LogP contribution >= 0.6 is 23.6 Å². The molecule has 0 aliphatic rings. The topological polar surface area (TPSA) is 33.6 Å². The minimum Gasteiger partial charge on any atom is -0.299 e. The largest absolute Gasteiger partial charge is 0.299 e. The Morgan fingerprint density at radius 2 is 2.22 bits per heavy atom. The van der Waals surface area contributed by atoms with Gasteiger partial charge in [0.25, 0.3) is 0 Å². The van der Waals surface area contributed by atoms with Gasteiger partial charge in [-0.05, 0) is 35.0 Å². The van der Waals surface area contributed by atoms with Crippen LogP contribution in [0.2, 0.25) is 0 Å². The van der Waals surface area contributed by atoms with Gasteiger partial charge < -0.3 is 0 Å². The van der Waals surface area contributed by atoms with E-state index in [1.165, 1.54) is 0 Å². The minimum absolute atomic E-state index is 0.189. The molecule has 0 bridgehead atoms. The molecule has 0 saturated carbocycles. The molecule has 18 heavy (non-hydrogen) atoms. The third-order valence-electron chi connectivity index (χ3n) is 3.63. The van der Waals surface area contributed by atoms with E-state index < -0.39 is 0 Å². The van der Waals surface area contributed by atoms with E-state index in [0.717, 1.165) is 17.2 Å². The maximum atomic E-state index is 5.35. The summed E-state index contributed by atoms with van der Waals surface area (Å²) in [6, 6.07) is 4.12. The van der Waals surface area contributed by atoms with Gasteiger partial charge in [0, 0.05) is 6.54 Å². The lowest BCUT2D eigenvalue weighted by atomic mass is 9.81. The number of aromatic amines is 1. The smallest absolute Gasteiger partial charge is 0.195 e. The van der Waals surface area contributed by atoms with Crippen molar-refractivity contribution in [3.63, 3.8) is 0 Å². The van der Waals surface area contributed by atoms with Gasteiger partial charge in [0.15, 0.2) is 10.6 Å². The van der Waals surface area contributed by atoms with E-state index in [-0.39, 0.29) is 5.41 Å². The van der Waals surface area contributed by atoms with Crippen molar-refractivity contribution in [2.45, 2.75) is 34.2 Å². The second kappa shape index (κ2) is 4.97. The van der Waals surface area contributed by atoms with Crippen molar-refractivity contribution < 1.29 is 0 Å². The summed E-state index contributed by atoms with van der Waals surface area (Å²) in [5, 5.41) is 9.33. The van der Waals surface area contributed by atoms with Crippen LogP contribution in [-0.4, -0.2) is 14.8 Å². The lowest BCUT2D eigenvalue weighted by Gasteiger charge is -2.29. The highest BCUT2D eigenvalue weighted by Gasteiger charge is 2.25. The van der Waals surface area contributed by atoms with E-state index in [4.69, 9.17) is 12.2 Å². The fourth-order valence-electron chi connectivity index (χ4n) is 1.65. The Labute approximate surface area is 117 Å². The molecule has 0 amide bonds. The zero-order valence-electron chi connectivity index (χ0n) is 11.2. The molecule has 0 atom stereocenters. The Bertz CT molecular complexity index is 561. The van der Waals surface area contributed by atoms with Crippen LogP contribution < -0.4 is 0 Å². The SMILES string of the molecule is CC(C)C(C)(C)Cn1c(-c2cccs2)n[nH]c1=S. The van der Waals surface area contributed by atoms with E-state index in [9.17, 15) is 0 Å². The van der Waals surface area contributed by atoms with Gasteiger partial charge in [-0.15, -0.1) is 11.3 Å². The number of thiophene rings is 1. The van der Waals surface area contributed by atoms with Crippen LogP contribution in [0, 0.1) is 16.1 Å². The molecule has 2 heterocycles. The first-order valence-electron chi connectivity index (χ1n) is 6.11. The number of nitrogens with zero attached hydrogens (tertiary/aromatic N) is 2. The molecule has 2 aromatic rings. The van der Waals surface area contributed by atoms with Crippen molar-refractivity contribution in [1.29, 1.82) is 0 Å². The number of nitrogens with one attached hydrogen (secondary N) is 1. The third-order valence-corrected chi connectivity index (χ3v) is 4.81. The normalized spacial score (nSPS) is 12.3. The van der Waals surface area contributed by atoms with Crippen LogP contribution in [0.1, 0.15) is 27.7 Å². The van der Waals surface area contributed by atoms with Crippen LogP contribution in [0.3, 0.4) is 0 Å². The number of hydrogen-bond donors (Lipinski definition) is 1. The molecule has 0 aliphatic carbocycles. The summed E-state index contributed by atoms with van der Waals surface area (Å²) >= 11 is 7.04. The van der Waals surface area contributed by atoms with Gasteiger partial charge in [0.2, 0.25) is 0 Å².